The zero-order chi connectivity index (χ0) is 17.4. The molecule has 10 heteroatoms. The highest BCUT2D eigenvalue weighted by Gasteiger charge is 2.30. The average molecular weight is 526 g/mol. The first-order chi connectivity index (χ1) is 11.4. The molecule has 0 radical (unpaired) electrons. The van der Waals surface area contributed by atoms with Crippen LogP contribution in [0.25, 0.3) is 22.3 Å². The minimum atomic E-state index is -0.400. The summed E-state index contributed by atoms with van der Waals surface area (Å²) < 4.78 is 27.8. The van der Waals surface area contributed by atoms with Gasteiger partial charge in [-0.05, 0) is 57.6 Å². The summed E-state index contributed by atoms with van der Waals surface area (Å²) in [7, 11) is 0. The smallest absolute Gasteiger partial charge is 0.151 e. The van der Waals surface area contributed by atoms with E-state index in [1.165, 1.54) is 24.3 Å². The second kappa shape index (κ2) is 9.20. The highest BCUT2D eigenvalue weighted by molar-refractivity contribution is 8.93. The van der Waals surface area contributed by atoms with Crippen LogP contribution in [0.2, 0.25) is 0 Å². The monoisotopic (exact) mass is 524 g/mol. The number of hydrogen-bond acceptors (Lipinski definition) is 4. The number of rotatable bonds is 4. The second-order valence-electron chi connectivity index (χ2n) is 5.28. The zero-order valence-electron chi connectivity index (χ0n) is 13.3. The third kappa shape index (κ3) is 4.59. The number of amidine groups is 2. The summed E-state index contributed by atoms with van der Waals surface area (Å²) in [5.41, 5.74) is 15.2. The van der Waals surface area contributed by atoms with E-state index in [2.05, 4.69) is 0 Å². The Labute approximate surface area is 179 Å². The lowest BCUT2D eigenvalue weighted by molar-refractivity contribution is 0.623. The Balaban J connectivity index is 0.00000169. The van der Waals surface area contributed by atoms with Crippen molar-refractivity contribution in [3.8, 4) is 22.3 Å². The summed E-state index contributed by atoms with van der Waals surface area (Å²) in [4.78, 5) is 0. The molecule has 0 aliphatic heterocycles. The molecule has 0 heterocycles. The fourth-order valence-electron chi connectivity index (χ4n) is 2.82. The van der Waals surface area contributed by atoms with Crippen molar-refractivity contribution < 1.29 is 8.78 Å². The highest BCUT2D eigenvalue weighted by atomic mass is 79.9. The van der Waals surface area contributed by atoms with Crippen LogP contribution in [0, 0.1) is 22.5 Å². The molecule has 0 bridgehead atoms. The molecule has 0 fully saturated rings. The van der Waals surface area contributed by atoms with Gasteiger partial charge in [-0.3, -0.25) is 10.8 Å². The quantitative estimate of drug-likeness (QED) is 0.284. The maximum Gasteiger partial charge on any atom is 0.151 e. The van der Waals surface area contributed by atoms with E-state index in [0.29, 0.717) is 22.6 Å². The van der Waals surface area contributed by atoms with Gasteiger partial charge in [0.15, 0.2) is 10.3 Å². The molecule has 0 aromatic heterocycles. The molecule has 6 N–H and O–H groups in total. The zero-order valence-corrected chi connectivity index (χ0v) is 18.3. The molecule has 140 valence electrons. The largest absolute Gasteiger partial charge is 0.379 e. The van der Waals surface area contributed by atoms with E-state index in [1.54, 1.807) is 0 Å². The van der Waals surface area contributed by atoms with E-state index in [-0.39, 0.29) is 44.3 Å². The third-order valence-corrected chi connectivity index (χ3v) is 5.21. The van der Waals surface area contributed by atoms with Crippen molar-refractivity contribution in [1.29, 1.82) is 10.8 Å². The summed E-state index contributed by atoms with van der Waals surface area (Å²) in [5, 5.41) is 14.6. The van der Waals surface area contributed by atoms with E-state index in [9.17, 15) is 8.78 Å². The molecular weight excluding hydrogens is 510 g/mol. The molecule has 0 amide bonds. The lowest BCUT2D eigenvalue weighted by Gasteiger charge is -2.29. The molecule has 3 rings (SSSR count). The maximum atomic E-state index is 13.9. The van der Waals surface area contributed by atoms with E-state index >= 15 is 0 Å². The predicted molar refractivity (Wildman–Crippen MR) is 118 cm³/mol. The van der Waals surface area contributed by atoms with Gasteiger partial charge < -0.3 is 11.5 Å². The van der Waals surface area contributed by atoms with Gasteiger partial charge in [-0.25, -0.2) is 8.78 Å². The number of nitrogens with two attached hydrogens (primary N) is 2. The van der Waals surface area contributed by atoms with Gasteiger partial charge in [-0.15, -0.1) is 34.0 Å². The molecule has 2 aromatic rings. The Morgan fingerprint density at radius 2 is 1.12 bits per heavy atom. The van der Waals surface area contributed by atoms with E-state index in [0.717, 1.165) is 45.8 Å². The molecule has 4 nitrogen and oxygen atoms in total. The first-order valence-corrected chi connectivity index (χ1v) is 8.93. The first-order valence-electron chi connectivity index (χ1n) is 6.96. The van der Waals surface area contributed by atoms with Crippen LogP contribution in [-0.4, -0.2) is 10.3 Å². The van der Waals surface area contributed by atoms with Crippen LogP contribution in [-0.2, 0) is 11.5 Å². The van der Waals surface area contributed by atoms with E-state index in [1.807, 2.05) is 0 Å². The Morgan fingerprint density at radius 1 is 0.769 bits per heavy atom. The molecule has 0 atom stereocenters. The van der Waals surface area contributed by atoms with Crippen LogP contribution in [0.3, 0.4) is 0 Å². The minimum absolute atomic E-state index is 0. The van der Waals surface area contributed by atoms with Crippen molar-refractivity contribution in [2.24, 2.45) is 11.5 Å². The van der Waals surface area contributed by atoms with Gasteiger partial charge in [0, 0.05) is 11.5 Å². The van der Waals surface area contributed by atoms with Crippen LogP contribution in [0.1, 0.15) is 11.1 Å². The first kappa shape index (κ1) is 22.9. The molecular formula is C16H16Br2F2N4S2. The SMILES string of the molecule is Br.Br.N=C(N)SCc1cc(F)cc2c1-c1c(CSC(=N)N)cc(F)cc1-2. The Kier molecular flexibility index (Phi) is 8.12. The number of halogens is 4. The summed E-state index contributed by atoms with van der Waals surface area (Å²) in [6, 6.07) is 5.62. The molecule has 2 aromatic carbocycles. The average Bonchev–Trinajstić information content (AvgIpc) is 2.49. The molecule has 1 aliphatic rings. The van der Waals surface area contributed by atoms with Crippen molar-refractivity contribution in [2.75, 3.05) is 0 Å². The topological polar surface area (TPSA) is 99.7 Å². The number of benzene rings is 2. The van der Waals surface area contributed by atoms with Gasteiger partial charge in [0.05, 0.1) is 0 Å². The minimum Gasteiger partial charge on any atom is -0.379 e. The van der Waals surface area contributed by atoms with Crippen molar-refractivity contribution >= 4 is 67.8 Å². The van der Waals surface area contributed by atoms with E-state index in [4.69, 9.17) is 22.3 Å². The number of nitrogens with one attached hydrogen (secondary N) is 2. The summed E-state index contributed by atoms with van der Waals surface area (Å²) in [6.07, 6.45) is 0. The molecule has 0 spiro atoms. The van der Waals surface area contributed by atoms with Crippen LogP contribution in [0.4, 0.5) is 8.78 Å². The summed E-state index contributed by atoms with van der Waals surface area (Å²) in [6.45, 7) is 0. The molecule has 1 aliphatic carbocycles. The number of fused-ring (bicyclic) bond motifs is 4. The third-order valence-electron chi connectivity index (χ3n) is 3.68. The molecule has 0 saturated carbocycles. The van der Waals surface area contributed by atoms with Crippen LogP contribution < -0.4 is 11.5 Å². The number of thioether (sulfide) groups is 2. The standard InChI is InChI=1S/C16H14F2N4S2.2BrH/c17-9-1-7(5-23-15(19)20)13-11(3-9)12-4-10(18)2-8(14(12)13)6-24-16(21)22;;/h1-4H,5-6H2,(H3,19,20)(H3,21,22);2*1H. The predicted octanol–water partition coefficient (Wildman–Crippen LogP) is 5.02. The second-order valence-corrected chi connectivity index (χ2v) is 7.32. The molecule has 0 unspecified atom stereocenters. The lowest BCUT2D eigenvalue weighted by atomic mass is 9.76. The molecule has 0 saturated heterocycles. The normalized spacial score (nSPS) is 10.5. The van der Waals surface area contributed by atoms with Crippen molar-refractivity contribution in [3.05, 3.63) is 47.0 Å². The van der Waals surface area contributed by atoms with E-state index < -0.39 is 11.6 Å². The lowest BCUT2D eigenvalue weighted by Crippen LogP contribution is -2.10. The van der Waals surface area contributed by atoms with Gasteiger partial charge in [0.2, 0.25) is 0 Å². The van der Waals surface area contributed by atoms with Gasteiger partial charge in [-0.2, -0.15) is 0 Å². The molecule has 26 heavy (non-hydrogen) atoms. The van der Waals surface area contributed by atoms with Crippen molar-refractivity contribution in [2.45, 2.75) is 11.5 Å². The van der Waals surface area contributed by atoms with Gasteiger partial charge in [-0.1, -0.05) is 23.5 Å². The van der Waals surface area contributed by atoms with Gasteiger partial charge in [0.25, 0.3) is 0 Å². The van der Waals surface area contributed by atoms with Crippen LogP contribution >= 0.6 is 57.5 Å². The van der Waals surface area contributed by atoms with Crippen molar-refractivity contribution in [1.82, 2.24) is 0 Å². The maximum absolute atomic E-state index is 13.9. The fraction of sp³-hybridized carbons (Fsp3) is 0.125. The number of hydrogen-bond donors (Lipinski definition) is 4. The van der Waals surface area contributed by atoms with Gasteiger partial charge >= 0.3 is 0 Å². The fourth-order valence-corrected chi connectivity index (χ4v) is 3.90. The Morgan fingerprint density at radius 3 is 1.42 bits per heavy atom. The highest BCUT2D eigenvalue weighted by Crippen LogP contribution is 2.52. The summed E-state index contributed by atoms with van der Waals surface area (Å²) >= 11 is 2.23. The Bertz CT molecular complexity index is 806. The van der Waals surface area contributed by atoms with Crippen molar-refractivity contribution in [3.63, 3.8) is 0 Å². The summed E-state index contributed by atoms with van der Waals surface area (Å²) in [5.74, 6) is -0.0678. The Hall–Kier alpha value is -1.10. The van der Waals surface area contributed by atoms with Gasteiger partial charge in [0.1, 0.15) is 11.6 Å². The van der Waals surface area contributed by atoms with Crippen LogP contribution in [0.5, 0.6) is 0 Å². The van der Waals surface area contributed by atoms with Crippen LogP contribution in [0.15, 0.2) is 24.3 Å².